The first-order valence-electron chi connectivity index (χ1n) is 4.03. The first-order valence-corrected chi connectivity index (χ1v) is 4.03. The average molecular weight is 143 g/mol. The number of piperidine rings is 1. The molecular formula is C8H17NO. The van der Waals surface area contributed by atoms with E-state index >= 15 is 0 Å². The molecule has 0 bridgehead atoms. The van der Waals surface area contributed by atoms with Crippen molar-refractivity contribution in [1.82, 2.24) is 4.90 Å². The normalized spacial score (nSPS) is 36.3. The highest BCUT2D eigenvalue weighted by Gasteiger charge is 2.22. The number of nitrogens with zero attached hydrogens (tertiary/aromatic N) is 1. The molecule has 0 spiro atoms. The Morgan fingerprint density at radius 1 is 1.60 bits per heavy atom. The van der Waals surface area contributed by atoms with Crippen LogP contribution in [-0.4, -0.2) is 36.8 Å². The lowest BCUT2D eigenvalue weighted by atomic mass is 9.88. The second-order valence-electron chi connectivity index (χ2n) is 3.47. The van der Waals surface area contributed by atoms with Crippen molar-refractivity contribution >= 4 is 0 Å². The molecule has 0 aromatic heterocycles. The lowest BCUT2D eigenvalue weighted by molar-refractivity contribution is 0.0952. The summed E-state index contributed by atoms with van der Waals surface area (Å²) in [5.74, 6) is 1.22. The molecule has 2 atom stereocenters. The van der Waals surface area contributed by atoms with Crippen LogP contribution in [0.2, 0.25) is 0 Å². The minimum absolute atomic E-state index is 0.353. The van der Waals surface area contributed by atoms with Crippen LogP contribution in [0.1, 0.15) is 13.3 Å². The molecular weight excluding hydrogens is 126 g/mol. The summed E-state index contributed by atoms with van der Waals surface area (Å²) in [6.07, 6.45) is 1.24. The maximum Gasteiger partial charge on any atom is 0.0474 e. The molecule has 10 heavy (non-hydrogen) atoms. The van der Waals surface area contributed by atoms with E-state index in [1.807, 2.05) is 0 Å². The number of aliphatic hydroxyl groups is 1. The fraction of sp³-hybridized carbons (Fsp3) is 1.00. The van der Waals surface area contributed by atoms with E-state index in [-0.39, 0.29) is 0 Å². The van der Waals surface area contributed by atoms with E-state index in [2.05, 4.69) is 18.9 Å². The largest absolute Gasteiger partial charge is 0.396 e. The van der Waals surface area contributed by atoms with Gasteiger partial charge in [0, 0.05) is 13.2 Å². The van der Waals surface area contributed by atoms with Crippen molar-refractivity contribution in [3.63, 3.8) is 0 Å². The zero-order valence-electron chi connectivity index (χ0n) is 6.88. The molecule has 1 aliphatic rings. The monoisotopic (exact) mass is 143 g/mol. The predicted octanol–water partition coefficient (Wildman–Crippen LogP) is 0.567. The van der Waals surface area contributed by atoms with Gasteiger partial charge < -0.3 is 10.0 Å². The van der Waals surface area contributed by atoms with Crippen molar-refractivity contribution in [2.45, 2.75) is 13.3 Å². The highest BCUT2D eigenvalue weighted by atomic mass is 16.3. The van der Waals surface area contributed by atoms with Crippen LogP contribution in [0.15, 0.2) is 0 Å². The quantitative estimate of drug-likeness (QED) is 0.580. The third-order valence-electron chi connectivity index (χ3n) is 2.55. The number of aliphatic hydroxyl groups excluding tert-OH is 1. The first kappa shape index (κ1) is 8.02. The molecule has 60 valence electrons. The van der Waals surface area contributed by atoms with Crippen molar-refractivity contribution in [2.24, 2.45) is 11.8 Å². The van der Waals surface area contributed by atoms with Crippen LogP contribution in [0.4, 0.5) is 0 Å². The molecule has 1 fully saturated rings. The summed E-state index contributed by atoms with van der Waals surface area (Å²) < 4.78 is 0. The van der Waals surface area contributed by atoms with E-state index < -0.39 is 0 Å². The van der Waals surface area contributed by atoms with E-state index in [0.717, 1.165) is 6.54 Å². The molecule has 1 heterocycles. The summed E-state index contributed by atoms with van der Waals surface area (Å²) in [5, 5.41) is 8.95. The van der Waals surface area contributed by atoms with E-state index in [1.165, 1.54) is 13.0 Å². The van der Waals surface area contributed by atoms with Crippen LogP contribution in [0, 0.1) is 11.8 Å². The molecule has 0 aromatic rings. The molecule has 0 radical (unpaired) electrons. The van der Waals surface area contributed by atoms with Gasteiger partial charge in [-0.25, -0.2) is 0 Å². The highest BCUT2D eigenvalue weighted by Crippen LogP contribution is 2.20. The number of rotatable bonds is 1. The molecule has 0 aliphatic carbocycles. The van der Waals surface area contributed by atoms with Crippen LogP contribution < -0.4 is 0 Å². The molecule has 0 aromatic carbocycles. The summed E-state index contributed by atoms with van der Waals surface area (Å²) >= 11 is 0. The number of likely N-dealkylation sites (tertiary alicyclic amines) is 1. The number of hydrogen-bond acceptors (Lipinski definition) is 2. The maximum absolute atomic E-state index is 8.95. The van der Waals surface area contributed by atoms with Crippen molar-refractivity contribution in [1.29, 1.82) is 0 Å². The fourth-order valence-electron chi connectivity index (χ4n) is 1.57. The van der Waals surface area contributed by atoms with Gasteiger partial charge in [0.2, 0.25) is 0 Å². The van der Waals surface area contributed by atoms with Gasteiger partial charge in [-0.3, -0.25) is 0 Å². The van der Waals surface area contributed by atoms with Crippen molar-refractivity contribution in [3.8, 4) is 0 Å². The van der Waals surface area contributed by atoms with Crippen LogP contribution in [-0.2, 0) is 0 Å². The zero-order valence-corrected chi connectivity index (χ0v) is 6.88. The third kappa shape index (κ3) is 1.70. The van der Waals surface area contributed by atoms with Gasteiger partial charge in [0.15, 0.2) is 0 Å². The Labute approximate surface area is 62.8 Å². The van der Waals surface area contributed by atoms with Gasteiger partial charge >= 0.3 is 0 Å². The van der Waals surface area contributed by atoms with Crippen LogP contribution in [0.25, 0.3) is 0 Å². The van der Waals surface area contributed by atoms with E-state index in [1.54, 1.807) is 0 Å². The molecule has 1 rings (SSSR count). The van der Waals surface area contributed by atoms with Gasteiger partial charge in [-0.1, -0.05) is 6.92 Å². The maximum atomic E-state index is 8.95. The first-order chi connectivity index (χ1) is 4.74. The Morgan fingerprint density at radius 3 is 2.80 bits per heavy atom. The molecule has 0 amide bonds. The van der Waals surface area contributed by atoms with Gasteiger partial charge in [-0.15, -0.1) is 0 Å². The van der Waals surface area contributed by atoms with Crippen molar-refractivity contribution in [2.75, 3.05) is 26.7 Å². The smallest absolute Gasteiger partial charge is 0.0474 e. The fourth-order valence-corrected chi connectivity index (χ4v) is 1.57. The van der Waals surface area contributed by atoms with Crippen LogP contribution in [0.3, 0.4) is 0 Å². The predicted molar refractivity (Wildman–Crippen MR) is 41.9 cm³/mol. The summed E-state index contributed by atoms with van der Waals surface area (Å²) in [6, 6.07) is 0. The van der Waals surface area contributed by atoms with E-state index in [4.69, 9.17) is 5.11 Å². The lowest BCUT2D eigenvalue weighted by Gasteiger charge is -2.33. The van der Waals surface area contributed by atoms with Crippen LogP contribution >= 0.6 is 0 Å². The van der Waals surface area contributed by atoms with Crippen molar-refractivity contribution in [3.05, 3.63) is 0 Å². The summed E-state index contributed by atoms with van der Waals surface area (Å²) in [5.41, 5.74) is 0. The van der Waals surface area contributed by atoms with E-state index in [0.29, 0.717) is 18.4 Å². The molecule has 1 N–H and O–H groups in total. The van der Waals surface area contributed by atoms with Gasteiger partial charge in [0.25, 0.3) is 0 Å². The Kier molecular flexibility index (Phi) is 2.69. The van der Waals surface area contributed by atoms with Gasteiger partial charge in [0.1, 0.15) is 0 Å². The van der Waals surface area contributed by atoms with Gasteiger partial charge in [0.05, 0.1) is 0 Å². The second-order valence-corrected chi connectivity index (χ2v) is 3.47. The number of hydrogen-bond donors (Lipinski definition) is 1. The SMILES string of the molecule is C[C@@H]1CCN(C)C[C@@H]1CO. The Balaban J connectivity index is 2.38. The summed E-state index contributed by atoms with van der Waals surface area (Å²) in [4.78, 5) is 2.29. The van der Waals surface area contributed by atoms with Crippen molar-refractivity contribution < 1.29 is 5.11 Å². The molecule has 2 nitrogen and oxygen atoms in total. The second kappa shape index (κ2) is 3.35. The molecule has 0 saturated carbocycles. The lowest BCUT2D eigenvalue weighted by Crippen LogP contribution is -2.38. The Hall–Kier alpha value is -0.0800. The van der Waals surface area contributed by atoms with Gasteiger partial charge in [-0.2, -0.15) is 0 Å². The highest BCUT2D eigenvalue weighted by molar-refractivity contribution is 4.75. The van der Waals surface area contributed by atoms with Gasteiger partial charge in [-0.05, 0) is 31.8 Å². The Morgan fingerprint density at radius 2 is 2.30 bits per heavy atom. The minimum Gasteiger partial charge on any atom is -0.396 e. The van der Waals surface area contributed by atoms with E-state index in [9.17, 15) is 0 Å². The average Bonchev–Trinajstić information content (AvgIpc) is 1.94. The van der Waals surface area contributed by atoms with Crippen LogP contribution in [0.5, 0.6) is 0 Å². The Bertz CT molecular complexity index is 105. The minimum atomic E-state index is 0.353. The zero-order chi connectivity index (χ0) is 7.56. The topological polar surface area (TPSA) is 23.5 Å². The summed E-state index contributed by atoms with van der Waals surface area (Å²) in [7, 11) is 2.12. The summed E-state index contributed by atoms with van der Waals surface area (Å²) in [6.45, 7) is 4.84. The third-order valence-corrected chi connectivity index (χ3v) is 2.55. The molecule has 1 saturated heterocycles. The standard InChI is InChI=1S/C8H17NO/c1-7-3-4-9(2)5-8(7)6-10/h7-8,10H,3-6H2,1-2H3/t7-,8-/m1/s1. The molecule has 1 aliphatic heterocycles. The molecule has 0 unspecified atom stereocenters. The molecule has 2 heteroatoms.